The number of hydrogen-bond donors (Lipinski definition) is 0. The second-order valence-corrected chi connectivity index (χ2v) is 8.88. The fourth-order valence-corrected chi connectivity index (χ4v) is 4.50. The molecule has 1 aromatic carbocycles. The molecule has 128 valence electrons. The summed E-state index contributed by atoms with van der Waals surface area (Å²) in [6, 6.07) is 7.48. The Morgan fingerprint density at radius 2 is 2.12 bits per heavy atom. The van der Waals surface area contributed by atoms with Crippen LogP contribution in [0, 0.1) is 18.3 Å². The molecule has 1 fully saturated rings. The van der Waals surface area contributed by atoms with Crippen molar-refractivity contribution in [3.05, 3.63) is 47.5 Å². The summed E-state index contributed by atoms with van der Waals surface area (Å²) < 4.78 is 23.5. The van der Waals surface area contributed by atoms with Crippen LogP contribution in [0.2, 0.25) is 0 Å². The Morgan fingerprint density at radius 3 is 2.54 bits per heavy atom. The van der Waals surface area contributed by atoms with E-state index in [1.54, 1.807) is 12.1 Å². The smallest absolute Gasteiger partial charge is 0.246 e. The molecule has 0 radical (unpaired) electrons. The molecular formula is C18H22N2O3S. The van der Waals surface area contributed by atoms with Gasteiger partial charge in [0.05, 0.1) is 16.4 Å². The van der Waals surface area contributed by atoms with Crippen molar-refractivity contribution in [2.75, 3.05) is 12.8 Å². The summed E-state index contributed by atoms with van der Waals surface area (Å²) in [7, 11) is -3.25. The van der Waals surface area contributed by atoms with Crippen LogP contribution >= 0.6 is 0 Å². The van der Waals surface area contributed by atoms with Crippen LogP contribution in [0.3, 0.4) is 0 Å². The summed E-state index contributed by atoms with van der Waals surface area (Å²) in [5.41, 5.74) is 2.29. The molecule has 0 N–H and O–H groups in total. The maximum atomic E-state index is 12.2. The van der Waals surface area contributed by atoms with Gasteiger partial charge >= 0.3 is 0 Å². The summed E-state index contributed by atoms with van der Waals surface area (Å²) in [4.78, 5) is 13.8. The molecule has 0 bridgehead atoms. The van der Waals surface area contributed by atoms with E-state index in [-0.39, 0.29) is 12.5 Å². The van der Waals surface area contributed by atoms with Crippen LogP contribution in [0.5, 0.6) is 0 Å². The first kappa shape index (κ1) is 18.2. The van der Waals surface area contributed by atoms with E-state index in [9.17, 15) is 13.2 Å². The third-order valence-electron chi connectivity index (χ3n) is 4.80. The first-order valence-corrected chi connectivity index (χ1v) is 9.72. The molecule has 0 saturated heterocycles. The quantitative estimate of drug-likeness (QED) is 0.741. The predicted octanol–water partition coefficient (Wildman–Crippen LogP) is 2.35. The van der Waals surface area contributed by atoms with E-state index in [0.29, 0.717) is 24.9 Å². The molecule has 1 saturated carbocycles. The summed E-state index contributed by atoms with van der Waals surface area (Å²) >= 11 is 0. The Morgan fingerprint density at radius 1 is 1.46 bits per heavy atom. The molecule has 24 heavy (non-hydrogen) atoms. The van der Waals surface area contributed by atoms with Crippen molar-refractivity contribution in [3.8, 4) is 6.07 Å². The van der Waals surface area contributed by atoms with E-state index in [1.165, 1.54) is 17.2 Å². The fraction of sp³-hybridized carbons (Fsp3) is 0.444. The molecule has 0 atom stereocenters. The molecule has 1 aromatic rings. The van der Waals surface area contributed by atoms with Gasteiger partial charge in [0.25, 0.3) is 0 Å². The Bertz CT molecular complexity index is 802. The zero-order valence-corrected chi connectivity index (χ0v) is 14.9. The lowest BCUT2D eigenvalue weighted by atomic mass is 9.83. The number of benzene rings is 1. The molecular weight excluding hydrogens is 324 g/mol. The van der Waals surface area contributed by atoms with Gasteiger partial charge in [-0.05, 0) is 43.0 Å². The van der Waals surface area contributed by atoms with Gasteiger partial charge in [0.15, 0.2) is 9.84 Å². The molecule has 1 aliphatic carbocycles. The van der Waals surface area contributed by atoms with E-state index < -0.39 is 14.6 Å². The summed E-state index contributed by atoms with van der Waals surface area (Å²) in [5.74, 6) is -0.285. The van der Waals surface area contributed by atoms with Crippen molar-refractivity contribution in [2.24, 2.45) is 0 Å². The SMILES string of the molecule is C=CC(=O)N(Cc1ccc(C#N)c(C)c1)CC1(S(C)(=O)=O)CCC1. The average Bonchev–Trinajstić information content (AvgIpc) is 2.47. The highest BCUT2D eigenvalue weighted by molar-refractivity contribution is 7.92. The van der Waals surface area contributed by atoms with Gasteiger partial charge in [0.1, 0.15) is 0 Å². The Hall–Kier alpha value is -2.13. The average molecular weight is 346 g/mol. The van der Waals surface area contributed by atoms with Gasteiger partial charge in [-0.2, -0.15) is 5.26 Å². The van der Waals surface area contributed by atoms with Crippen LogP contribution < -0.4 is 0 Å². The molecule has 0 aromatic heterocycles. The number of sulfone groups is 1. The maximum absolute atomic E-state index is 12.2. The Kier molecular flexibility index (Phi) is 5.14. The van der Waals surface area contributed by atoms with E-state index in [0.717, 1.165) is 17.5 Å². The summed E-state index contributed by atoms with van der Waals surface area (Å²) in [5, 5.41) is 9.00. The number of rotatable bonds is 6. The van der Waals surface area contributed by atoms with E-state index in [2.05, 4.69) is 12.6 Å². The number of nitrogens with zero attached hydrogens (tertiary/aromatic N) is 2. The molecule has 2 rings (SSSR count). The molecule has 0 spiro atoms. The van der Waals surface area contributed by atoms with Crippen LogP contribution in [0.25, 0.3) is 0 Å². The summed E-state index contributed by atoms with van der Waals surface area (Å²) in [6.07, 6.45) is 4.48. The maximum Gasteiger partial charge on any atom is 0.246 e. The number of carbonyl (C=O) groups is 1. The van der Waals surface area contributed by atoms with Gasteiger partial charge in [0, 0.05) is 19.3 Å². The minimum atomic E-state index is -3.25. The third kappa shape index (κ3) is 3.51. The molecule has 1 amide bonds. The van der Waals surface area contributed by atoms with E-state index in [1.807, 2.05) is 13.0 Å². The minimum absolute atomic E-state index is 0.176. The number of aryl methyl sites for hydroxylation is 1. The molecule has 0 heterocycles. The number of hydrogen-bond acceptors (Lipinski definition) is 4. The van der Waals surface area contributed by atoms with Gasteiger partial charge in [-0.1, -0.05) is 25.1 Å². The number of carbonyl (C=O) groups excluding carboxylic acids is 1. The second-order valence-electron chi connectivity index (χ2n) is 6.47. The monoisotopic (exact) mass is 346 g/mol. The van der Waals surface area contributed by atoms with Crippen molar-refractivity contribution >= 4 is 15.7 Å². The van der Waals surface area contributed by atoms with Crippen LogP contribution in [0.4, 0.5) is 0 Å². The molecule has 5 nitrogen and oxygen atoms in total. The van der Waals surface area contributed by atoms with Gasteiger partial charge in [-0.3, -0.25) is 4.79 Å². The van der Waals surface area contributed by atoms with Gasteiger partial charge in [-0.15, -0.1) is 0 Å². The van der Waals surface area contributed by atoms with Crippen molar-refractivity contribution in [3.63, 3.8) is 0 Å². The predicted molar refractivity (Wildman–Crippen MR) is 92.9 cm³/mol. The van der Waals surface area contributed by atoms with Gasteiger partial charge in [0.2, 0.25) is 5.91 Å². The van der Waals surface area contributed by atoms with Crippen LogP contribution in [0.1, 0.15) is 36.0 Å². The lowest BCUT2D eigenvalue weighted by Gasteiger charge is -2.43. The molecule has 0 aliphatic heterocycles. The highest BCUT2D eigenvalue weighted by Crippen LogP contribution is 2.40. The van der Waals surface area contributed by atoms with Crippen LogP contribution in [-0.2, 0) is 21.2 Å². The Labute approximate surface area is 143 Å². The lowest BCUT2D eigenvalue weighted by Crippen LogP contribution is -2.54. The third-order valence-corrected chi connectivity index (χ3v) is 6.91. The molecule has 6 heteroatoms. The minimum Gasteiger partial charge on any atom is -0.333 e. The van der Waals surface area contributed by atoms with Gasteiger partial charge in [-0.25, -0.2) is 8.42 Å². The number of nitriles is 1. The topological polar surface area (TPSA) is 78.2 Å². The zero-order valence-electron chi connectivity index (χ0n) is 14.1. The summed E-state index contributed by atoms with van der Waals surface area (Å²) in [6.45, 7) is 5.84. The van der Waals surface area contributed by atoms with Gasteiger partial charge < -0.3 is 4.90 Å². The second kappa shape index (κ2) is 6.78. The zero-order chi connectivity index (χ0) is 18.0. The highest BCUT2D eigenvalue weighted by atomic mass is 32.2. The highest BCUT2D eigenvalue weighted by Gasteiger charge is 2.47. The van der Waals surface area contributed by atoms with E-state index >= 15 is 0 Å². The fourth-order valence-electron chi connectivity index (χ4n) is 3.08. The normalized spacial score (nSPS) is 15.9. The first-order chi connectivity index (χ1) is 11.2. The van der Waals surface area contributed by atoms with Crippen LogP contribution in [-0.4, -0.2) is 36.8 Å². The van der Waals surface area contributed by atoms with E-state index in [4.69, 9.17) is 5.26 Å². The first-order valence-electron chi connectivity index (χ1n) is 7.83. The molecule has 0 unspecified atom stereocenters. The van der Waals surface area contributed by atoms with Crippen LogP contribution in [0.15, 0.2) is 30.9 Å². The number of amides is 1. The van der Waals surface area contributed by atoms with Crippen molar-refractivity contribution in [2.45, 2.75) is 37.5 Å². The molecule has 1 aliphatic rings. The largest absolute Gasteiger partial charge is 0.333 e. The standard InChI is InChI=1S/C18H22N2O3S/c1-4-17(21)20(13-18(8-5-9-18)24(3,22)23)12-15-6-7-16(11-19)14(2)10-15/h4,6-7,10H,1,5,8-9,12-13H2,2-3H3. The Balaban J connectivity index is 2.27. The lowest BCUT2D eigenvalue weighted by molar-refractivity contribution is -0.127. The van der Waals surface area contributed by atoms with Crippen molar-refractivity contribution < 1.29 is 13.2 Å². The van der Waals surface area contributed by atoms with Crippen molar-refractivity contribution in [1.29, 1.82) is 5.26 Å². The van der Waals surface area contributed by atoms with Crippen molar-refractivity contribution in [1.82, 2.24) is 4.90 Å².